The monoisotopic (exact) mass is 265 g/mol. The van der Waals surface area contributed by atoms with E-state index >= 15 is 0 Å². The fourth-order valence-corrected chi connectivity index (χ4v) is 1.97. The van der Waals surface area contributed by atoms with Crippen LogP contribution in [0, 0.1) is 18.2 Å². The maximum atomic E-state index is 13.8. The van der Waals surface area contributed by atoms with Gasteiger partial charge in [0.05, 0.1) is 6.54 Å². The highest BCUT2D eigenvalue weighted by Crippen LogP contribution is 2.29. The van der Waals surface area contributed by atoms with E-state index in [9.17, 15) is 9.18 Å². The van der Waals surface area contributed by atoms with Crippen molar-refractivity contribution >= 4 is 23.5 Å². The molecule has 0 spiro atoms. The molecule has 0 bridgehead atoms. The molecule has 1 unspecified atom stereocenters. The molecule has 6 heteroatoms. The van der Waals surface area contributed by atoms with Crippen molar-refractivity contribution in [3.05, 3.63) is 34.6 Å². The summed E-state index contributed by atoms with van der Waals surface area (Å²) in [6.45, 7) is 0.00969. The summed E-state index contributed by atoms with van der Waals surface area (Å²) in [5.41, 5.74) is 5.87. The molecule has 2 N–H and O–H groups in total. The molecule has 18 heavy (non-hydrogen) atoms. The zero-order valence-corrected chi connectivity index (χ0v) is 9.99. The molecule has 1 atom stereocenters. The second kappa shape index (κ2) is 4.67. The molecule has 0 aromatic heterocycles. The van der Waals surface area contributed by atoms with E-state index < -0.39 is 17.9 Å². The van der Waals surface area contributed by atoms with Crippen molar-refractivity contribution in [1.82, 2.24) is 4.90 Å². The first kappa shape index (κ1) is 12.4. The van der Waals surface area contributed by atoms with E-state index in [1.807, 2.05) is 0 Å². The van der Waals surface area contributed by atoms with Crippen LogP contribution in [0.25, 0.3) is 0 Å². The minimum atomic E-state index is -0.772. The predicted molar refractivity (Wildman–Crippen MR) is 66.7 cm³/mol. The summed E-state index contributed by atoms with van der Waals surface area (Å²) in [6, 6.07) is 2.80. The molecular weight excluding hydrogens is 257 g/mol. The van der Waals surface area contributed by atoms with E-state index in [1.165, 1.54) is 17.0 Å². The minimum absolute atomic E-state index is 0.00969. The molecule has 0 saturated heterocycles. The lowest BCUT2D eigenvalue weighted by molar-refractivity contribution is 0.213. The number of carbonyl (C=O) groups is 1. The summed E-state index contributed by atoms with van der Waals surface area (Å²) in [6.07, 6.45) is 5.17. The number of terminal acetylenes is 1. The van der Waals surface area contributed by atoms with Gasteiger partial charge in [-0.1, -0.05) is 23.6 Å². The van der Waals surface area contributed by atoms with Crippen molar-refractivity contribution in [2.24, 2.45) is 10.7 Å². The molecule has 4 nitrogen and oxygen atoms in total. The molecule has 1 heterocycles. The molecule has 0 saturated carbocycles. The molecule has 1 aromatic rings. The van der Waals surface area contributed by atoms with Crippen LogP contribution < -0.4 is 5.73 Å². The fraction of sp³-hybridized carbons (Fsp3) is 0.167. The number of nitrogens with two attached hydrogens (primary N) is 1. The number of urea groups is 1. The van der Waals surface area contributed by atoms with Gasteiger partial charge in [-0.05, 0) is 12.1 Å². The highest BCUT2D eigenvalue weighted by molar-refractivity contribution is 6.30. The zero-order chi connectivity index (χ0) is 13.3. The third-order valence-electron chi connectivity index (χ3n) is 2.58. The quantitative estimate of drug-likeness (QED) is 0.831. The number of hydrogen-bond donors (Lipinski definition) is 1. The molecule has 92 valence electrons. The Labute approximate surface area is 108 Å². The first-order valence-electron chi connectivity index (χ1n) is 5.07. The van der Waals surface area contributed by atoms with Gasteiger partial charge in [-0.15, -0.1) is 6.42 Å². The number of hydrogen-bond acceptors (Lipinski definition) is 2. The van der Waals surface area contributed by atoms with E-state index in [2.05, 4.69) is 10.9 Å². The van der Waals surface area contributed by atoms with Crippen molar-refractivity contribution in [2.75, 3.05) is 6.54 Å². The van der Waals surface area contributed by atoms with Gasteiger partial charge in [-0.3, -0.25) is 4.90 Å². The van der Waals surface area contributed by atoms with Crippen LogP contribution in [0.1, 0.15) is 11.6 Å². The Hall–Kier alpha value is -2.06. The van der Waals surface area contributed by atoms with Gasteiger partial charge in [-0.2, -0.15) is 4.99 Å². The second-order valence-electron chi connectivity index (χ2n) is 3.72. The van der Waals surface area contributed by atoms with Crippen LogP contribution in [0.4, 0.5) is 9.18 Å². The Morgan fingerprint density at radius 3 is 2.94 bits per heavy atom. The Kier molecular flexibility index (Phi) is 3.21. The first-order chi connectivity index (χ1) is 8.54. The largest absolute Gasteiger partial charge is 0.385 e. The Morgan fingerprint density at radius 2 is 2.33 bits per heavy atom. The van der Waals surface area contributed by atoms with Gasteiger partial charge in [-0.25, -0.2) is 9.18 Å². The maximum Gasteiger partial charge on any atom is 0.346 e. The summed E-state index contributed by atoms with van der Waals surface area (Å²) in [4.78, 5) is 16.4. The SMILES string of the molecule is C#CCN1C(=O)N=C(N)C1c1ccc(Cl)cc1F. The number of amides is 2. The maximum absolute atomic E-state index is 13.8. The average molecular weight is 266 g/mol. The van der Waals surface area contributed by atoms with Crippen LogP contribution in [0.3, 0.4) is 0 Å². The summed E-state index contributed by atoms with van der Waals surface area (Å²) >= 11 is 5.67. The van der Waals surface area contributed by atoms with Crippen molar-refractivity contribution < 1.29 is 9.18 Å². The number of nitrogens with zero attached hydrogens (tertiary/aromatic N) is 2. The first-order valence-corrected chi connectivity index (χ1v) is 5.45. The summed E-state index contributed by atoms with van der Waals surface area (Å²) in [5, 5.41) is 0.264. The molecule has 2 amide bonds. The summed E-state index contributed by atoms with van der Waals surface area (Å²) in [5.74, 6) is 1.79. The van der Waals surface area contributed by atoms with Gasteiger partial charge >= 0.3 is 6.03 Å². The summed E-state index contributed by atoms with van der Waals surface area (Å²) < 4.78 is 13.8. The molecule has 1 aliphatic heterocycles. The Morgan fingerprint density at radius 1 is 1.61 bits per heavy atom. The normalized spacial score (nSPS) is 18.7. The van der Waals surface area contributed by atoms with Gasteiger partial charge in [0.15, 0.2) is 0 Å². The molecular formula is C12H9ClFN3O. The van der Waals surface area contributed by atoms with E-state index in [0.717, 1.165) is 6.07 Å². The van der Waals surface area contributed by atoms with Crippen LogP contribution in [0.5, 0.6) is 0 Å². The Balaban J connectivity index is 2.45. The topological polar surface area (TPSA) is 58.7 Å². The molecule has 0 fully saturated rings. The smallest absolute Gasteiger partial charge is 0.346 e. The Bertz CT molecular complexity index is 579. The number of amidine groups is 1. The highest BCUT2D eigenvalue weighted by atomic mass is 35.5. The third-order valence-corrected chi connectivity index (χ3v) is 2.82. The van der Waals surface area contributed by atoms with Crippen LogP contribution >= 0.6 is 11.6 Å². The van der Waals surface area contributed by atoms with Crippen molar-refractivity contribution in [1.29, 1.82) is 0 Å². The van der Waals surface area contributed by atoms with E-state index in [0.29, 0.717) is 0 Å². The number of rotatable bonds is 2. The van der Waals surface area contributed by atoms with Gasteiger partial charge in [0, 0.05) is 10.6 Å². The lowest BCUT2D eigenvalue weighted by Crippen LogP contribution is -2.34. The van der Waals surface area contributed by atoms with Crippen LogP contribution in [0.2, 0.25) is 5.02 Å². The molecule has 1 aromatic carbocycles. The number of carbonyl (C=O) groups excluding carboxylic acids is 1. The predicted octanol–water partition coefficient (Wildman–Crippen LogP) is 1.95. The number of halogens is 2. The molecule has 2 rings (SSSR count). The van der Waals surface area contributed by atoms with E-state index in [1.54, 1.807) is 0 Å². The lowest BCUT2D eigenvalue weighted by atomic mass is 10.0. The summed E-state index contributed by atoms with van der Waals surface area (Å²) in [7, 11) is 0. The van der Waals surface area contributed by atoms with Gasteiger partial charge < -0.3 is 5.73 Å². The number of benzene rings is 1. The minimum Gasteiger partial charge on any atom is -0.385 e. The average Bonchev–Trinajstić information content (AvgIpc) is 2.56. The van der Waals surface area contributed by atoms with Crippen molar-refractivity contribution in [2.45, 2.75) is 6.04 Å². The van der Waals surface area contributed by atoms with Crippen LogP contribution in [-0.4, -0.2) is 23.3 Å². The van der Waals surface area contributed by atoms with Gasteiger partial charge in [0.2, 0.25) is 0 Å². The molecule has 0 radical (unpaired) electrons. The standard InChI is InChI=1S/C12H9ClFN3O/c1-2-5-17-10(11(15)16-12(17)18)8-4-3-7(13)6-9(8)14/h1,3-4,6,10H,5H2,(H2,15,16,18). The fourth-order valence-electron chi connectivity index (χ4n) is 1.81. The molecule has 0 aliphatic carbocycles. The van der Waals surface area contributed by atoms with Gasteiger partial charge in [0.1, 0.15) is 17.7 Å². The molecule has 1 aliphatic rings. The van der Waals surface area contributed by atoms with Crippen LogP contribution in [0.15, 0.2) is 23.2 Å². The number of aliphatic imine (C=N–C) groups is 1. The van der Waals surface area contributed by atoms with Gasteiger partial charge in [0.25, 0.3) is 0 Å². The second-order valence-corrected chi connectivity index (χ2v) is 4.16. The van der Waals surface area contributed by atoms with Crippen molar-refractivity contribution in [3.8, 4) is 12.3 Å². The van der Waals surface area contributed by atoms with Crippen LogP contribution in [-0.2, 0) is 0 Å². The highest BCUT2D eigenvalue weighted by Gasteiger charge is 2.35. The zero-order valence-electron chi connectivity index (χ0n) is 9.23. The van der Waals surface area contributed by atoms with E-state index in [-0.39, 0.29) is 23.0 Å². The van der Waals surface area contributed by atoms with E-state index in [4.69, 9.17) is 23.8 Å². The third kappa shape index (κ3) is 2.03. The van der Waals surface area contributed by atoms with Crippen molar-refractivity contribution in [3.63, 3.8) is 0 Å². The lowest BCUT2D eigenvalue weighted by Gasteiger charge is -2.22.